The zero-order valence-corrected chi connectivity index (χ0v) is 10.3. The molecule has 18 heavy (non-hydrogen) atoms. The van der Waals surface area contributed by atoms with Crippen molar-refractivity contribution in [1.82, 2.24) is 0 Å². The number of allylic oxidation sites excluding steroid dienone is 2. The molecule has 0 saturated carbocycles. The van der Waals surface area contributed by atoms with Crippen LogP contribution in [-0.2, 0) is 0 Å². The first-order chi connectivity index (χ1) is 8.53. The number of rotatable bonds is 3. The molecule has 0 aliphatic heterocycles. The molecule has 1 aliphatic rings. The number of hydrogen-bond donors (Lipinski definition) is 0. The van der Waals surface area contributed by atoms with Crippen LogP contribution >= 0.6 is 11.6 Å². The SMILES string of the molecule is [CH2]C1=CC=CC(Oc2ccccc2Cl)([N+](=O)[O-])C1. The number of hydrogen-bond acceptors (Lipinski definition) is 3. The highest BCUT2D eigenvalue weighted by molar-refractivity contribution is 6.32. The molecule has 1 aromatic carbocycles. The van der Waals surface area contributed by atoms with Crippen molar-refractivity contribution in [1.29, 1.82) is 0 Å². The zero-order valence-electron chi connectivity index (χ0n) is 9.51. The van der Waals surface area contributed by atoms with Gasteiger partial charge in [0.25, 0.3) is 0 Å². The predicted octanol–water partition coefficient (Wildman–Crippen LogP) is 3.41. The minimum Gasteiger partial charge on any atom is -0.423 e. The average Bonchev–Trinajstić information content (AvgIpc) is 2.32. The molecule has 0 N–H and O–H groups in total. The van der Waals surface area contributed by atoms with Gasteiger partial charge in [0.15, 0.2) is 0 Å². The standard InChI is InChI=1S/C13H11ClNO3/c1-10-5-4-8-13(9-10,15(16)17)18-12-7-3-2-6-11(12)14/h2-8H,1,9H2. The third kappa shape index (κ3) is 2.38. The molecule has 0 saturated heterocycles. The molecular formula is C13H11ClNO3. The van der Waals surface area contributed by atoms with E-state index in [2.05, 4.69) is 6.92 Å². The summed E-state index contributed by atoms with van der Waals surface area (Å²) >= 11 is 5.94. The fourth-order valence-corrected chi connectivity index (χ4v) is 1.90. The number of halogens is 1. The van der Waals surface area contributed by atoms with Crippen LogP contribution in [0.15, 0.2) is 48.1 Å². The topological polar surface area (TPSA) is 52.4 Å². The summed E-state index contributed by atoms with van der Waals surface area (Å²) in [6.07, 6.45) is 4.80. The summed E-state index contributed by atoms with van der Waals surface area (Å²) in [6.45, 7) is 3.73. The van der Waals surface area contributed by atoms with E-state index in [-0.39, 0.29) is 12.2 Å². The number of nitro groups is 1. The highest BCUT2D eigenvalue weighted by Gasteiger charge is 2.44. The van der Waals surface area contributed by atoms with E-state index >= 15 is 0 Å². The summed E-state index contributed by atoms with van der Waals surface area (Å²) in [5.41, 5.74) is -0.988. The van der Waals surface area contributed by atoms with Crippen LogP contribution in [0, 0.1) is 17.0 Å². The van der Waals surface area contributed by atoms with Crippen LogP contribution in [0.1, 0.15) is 6.42 Å². The Labute approximate surface area is 110 Å². The van der Waals surface area contributed by atoms with Crippen LogP contribution in [0.5, 0.6) is 5.75 Å². The van der Waals surface area contributed by atoms with E-state index in [0.717, 1.165) is 0 Å². The summed E-state index contributed by atoms with van der Waals surface area (Å²) in [5, 5.41) is 11.6. The molecule has 0 fully saturated rings. The largest absolute Gasteiger partial charge is 0.423 e. The van der Waals surface area contributed by atoms with Gasteiger partial charge in [0.2, 0.25) is 0 Å². The van der Waals surface area contributed by atoms with Crippen molar-refractivity contribution in [3.8, 4) is 5.75 Å². The molecule has 4 nitrogen and oxygen atoms in total. The number of benzene rings is 1. The van der Waals surface area contributed by atoms with Crippen molar-refractivity contribution in [2.75, 3.05) is 0 Å². The van der Waals surface area contributed by atoms with Gasteiger partial charge < -0.3 is 4.74 Å². The Kier molecular flexibility index (Phi) is 3.39. The van der Waals surface area contributed by atoms with Gasteiger partial charge in [-0.3, -0.25) is 10.1 Å². The molecule has 0 aromatic heterocycles. The quantitative estimate of drug-likeness (QED) is 0.477. The van der Waals surface area contributed by atoms with Crippen LogP contribution in [0.3, 0.4) is 0 Å². The Morgan fingerprint density at radius 1 is 1.44 bits per heavy atom. The molecule has 2 rings (SSSR count). The van der Waals surface area contributed by atoms with Gasteiger partial charge in [-0.05, 0) is 19.1 Å². The molecule has 0 bridgehead atoms. The Bertz CT molecular complexity index is 539. The summed E-state index contributed by atoms with van der Waals surface area (Å²) < 4.78 is 5.51. The van der Waals surface area contributed by atoms with Crippen LogP contribution in [0.25, 0.3) is 0 Å². The lowest BCUT2D eigenvalue weighted by molar-refractivity contribution is -0.599. The normalized spacial score (nSPS) is 22.4. The second-order valence-corrected chi connectivity index (χ2v) is 4.40. The molecule has 0 heterocycles. The van der Waals surface area contributed by atoms with Crippen molar-refractivity contribution in [3.05, 3.63) is 70.1 Å². The smallest absolute Gasteiger partial charge is 0.387 e. The van der Waals surface area contributed by atoms with Crippen molar-refractivity contribution < 1.29 is 9.66 Å². The van der Waals surface area contributed by atoms with E-state index in [9.17, 15) is 10.1 Å². The van der Waals surface area contributed by atoms with Gasteiger partial charge in [-0.2, -0.15) is 0 Å². The first-order valence-electron chi connectivity index (χ1n) is 5.32. The van der Waals surface area contributed by atoms with E-state index in [1.165, 1.54) is 6.08 Å². The molecule has 1 unspecified atom stereocenters. The molecular weight excluding hydrogens is 254 g/mol. The summed E-state index contributed by atoms with van der Waals surface area (Å²) in [6, 6.07) is 6.67. The Morgan fingerprint density at radius 3 is 2.78 bits per heavy atom. The maximum absolute atomic E-state index is 11.3. The fourth-order valence-electron chi connectivity index (χ4n) is 1.73. The fraction of sp³-hybridized carbons (Fsp3) is 0.154. The first-order valence-corrected chi connectivity index (χ1v) is 5.70. The van der Waals surface area contributed by atoms with Crippen LogP contribution in [0.2, 0.25) is 5.02 Å². The number of nitrogens with zero attached hydrogens (tertiary/aromatic N) is 1. The minimum absolute atomic E-state index is 0.0989. The Morgan fingerprint density at radius 2 is 2.17 bits per heavy atom. The second kappa shape index (κ2) is 4.82. The first kappa shape index (κ1) is 12.6. The van der Waals surface area contributed by atoms with Gasteiger partial charge in [0, 0.05) is 6.08 Å². The third-order valence-electron chi connectivity index (χ3n) is 2.60. The van der Waals surface area contributed by atoms with Crippen molar-refractivity contribution >= 4 is 11.6 Å². The van der Waals surface area contributed by atoms with E-state index in [1.807, 2.05) is 0 Å². The summed E-state index contributed by atoms with van der Waals surface area (Å²) in [5.74, 6) is 0.287. The van der Waals surface area contributed by atoms with Gasteiger partial charge in [-0.25, -0.2) is 0 Å². The van der Waals surface area contributed by atoms with Crippen LogP contribution < -0.4 is 4.74 Å². The predicted molar refractivity (Wildman–Crippen MR) is 69.0 cm³/mol. The van der Waals surface area contributed by atoms with E-state index < -0.39 is 10.6 Å². The summed E-state index contributed by atoms with van der Waals surface area (Å²) in [4.78, 5) is 10.8. The molecule has 1 aromatic rings. The third-order valence-corrected chi connectivity index (χ3v) is 2.91. The Hall–Kier alpha value is -1.81. The zero-order chi connectivity index (χ0) is 13.2. The van der Waals surface area contributed by atoms with Gasteiger partial charge >= 0.3 is 5.72 Å². The average molecular weight is 265 g/mol. The number of ether oxygens (including phenoxy) is 1. The minimum atomic E-state index is -1.63. The monoisotopic (exact) mass is 264 g/mol. The van der Waals surface area contributed by atoms with Gasteiger partial charge in [-0.1, -0.05) is 41.5 Å². The van der Waals surface area contributed by atoms with Crippen molar-refractivity contribution in [2.24, 2.45) is 0 Å². The Balaban J connectivity index is 2.34. The number of para-hydroxylation sites is 1. The lowest BCUT2D eigenvalue weighted by Gasteiger charge is -2.25. The highest BCUT2D eigenvalue weighted by Crippen LogP contribution is 2.33. The van der Waals surface area contributed by atoms with E-state index in [0.29, 0.717) is 10.6 Å². The molecule has 1 radical (unpaired) electrons. The van der Waals surface area contributed by atoms with Crippen molar-refractivity contribution in [2.45, 2.75) is 12.1 Å². The second-order valence-electron chi connectivity index (χ2n) is 4.00. The van der Waals surface area contributed by atoms with Crippen molar-refractivity contribution in [3.63, 3.8) is 0 Å². The van der Waals surface area contributed by atoms with Crippen LogP contribution in [-0.4, -0.2) is 10.6 Å². The van der Waals surface area contributed by atoms with E-state index in [4.69, 9.17) is 16.3 Å². The highest BCUT2D eigenvalue weighted by atomic mass is 35.5. The van der Waals surface area contributed by atoms with E-state index in [1.54, 1.807) is 36.4 Å². The molecule has 5 heteroatoms. The lowest BCUT2D eigenvalue weighted by Crippen LogP contribution is -2.43. The molecule has 1 aliphatic carbocycles. The maximum Gasteiger partial charge on any atom is 0.387 e. The van der Waals surface area contributed by atoms with Gasteiger partial charge in [-0.15, -0.1) is 0 Å². The molecule has 1 atom stereocenters. The van der Waals surface area contributed by atoms with Gasteiger partial charge in [0.1, 0.15) is 5.75 Å². The molecule has 0 amide bonds. The van der Waals surface area contributed by atoms with Gasteiger partial charge in [0.05, 0.1) is 16.4 Å². The molecule has 0 spiro atoms. The van der Waals surface area contributed by atoms with Crippen LogP contribution in [0.4, 0.5) is 0 Å². The molecule has 93 valence electrons. The lowest BCUT2D eigenvalue weighted by atomic mass is 9.98. The summed E-state index contributed by atoms with van der Waals surface area (Å²) in [7, 11) is 0. The maximum atomic E-state index is 11.3.